The minimum absolute atomic E-state index is 0.196. The first-order chi connectivity index (χ1) is 12.9. The van der Waals surface area contributed by atoms with Crippen LogP contribution >= 0.6 is 21.6 Å². The molecule has 6 nitrogen and oxygen atoms in total. The number of carbonyl (C=O) groups is 2. The molecule has 2 amide bonds. The van der Waals surface area contributed by atoms with Crippen LogP contribution in [-0.4, -0.2) is 69.9 Å². The van der Waals surface area contributed by atoms with Crippen LogP contribution in [0.25, 0.3) is 0 Å². The predicted molar refractivity (Wildman–Crippen MR) is 117 cm³/mol. The van der Waals surface area contributed by atoms with E-state index in [0.717, 1.165) is 51.9 Å². The Labute approximate surface area is 177 Å². The van der Waals surface area contributed by atoms with E-state index in [-0.39, 0.29) is 12.2 Å². The summed E-state index contributed by atoms with van der Waals surface area (Å²) in [6.07, 6.45) is 3.64. The van der Waals surface area contributed by atoms with Crippen molar-refractivity contribution in [2.24, 2.45) is 0 Å². The Balaban J connectivity index is 1.63. The number of piperidine rings is 2. The summed E-state index contributed by atoms with van der Waals surface area (Å²) in [5, 5.41) is 1.15. The first-order valence-electron chi connectivity index (χ1n) is 10.2. The highest BCUT2D eigenvalue weighted by molar-refractivity contribution is 8.77. The number of ether oxygens (including phenoxy) is 2. The molecule has 0 saturated carbocycles. The smallest absolute Gasteiger partial charge is 0.410 e. The summed E-state index contributed by atoms with van der Waals surface area (Å²) in [6.45, 7) is 14.5. The number of hydrogen-bond donors (Lipinski definition) is 0. The van der Waals surface area contributed by atoms with Gasteiger partial charge in [-0.2, -0.15) is 0 Å². The normalized spacial score (nSPS) is 20.2. The zero-order chi connectivity index (χ0) is 20.9. The maximum atomic E-state index is 12.1. The van der Waals surface area contributed by atoms with Crippen LogP contribution in [0.4, 0.5) is 9.59 Å². The number of likely N-dealkylation sites (tertiary alicyclic amines) is 2. The minimum atomic E-state index is -0.438. The predicted octanol–water partition coefficient (Wildman–Crippen LogP) is 5.17. The number of carbonyl (C=O) groups excluding carboxylic acids is 2. The van der Waals surface area contributed by atoms with E-state index in [1.807, 2.05) is 72.9 Å². The van der Waals surface area contributed by atoms with Gasteiger partial charge in [-0.3, -0.25) is 0 Å². The lowest BCUT2D eigenvalue weighted by Gasteiger charge is -2.35. The van der Waals surface area contributed by atoms with Crippen molar-refractivity contribution < 1.29 is 19.1 Å². The summed E-state index contributed by atoms with van der Waals surface area (Å²) in [6, 6.07) is 0. The molecule has 2 fully saturated rings. The first-order valence-corrected chi connectivity index (χ1v) is 12.5. The molecule has 0 aromatic heterocycles. The van der Waals surface area contributed by atoms with Gasteiger partial charge in [-0.1, -0.05) is 21.6 Å². The van der Waals surface area contributed by atoms with Crippen LogP contribution in [0.5, 0.6) is 0 Å². The molecule has 0 atom stereocenters. The molecular formula is C20H36N2O4S2. The van der Waals surface area contributed by atoms with Crippen molar-refractivity contribution in [2.45, 2.75) is 88.9 Å². The second kappa shape index (κ2) is 9.83. The number of rotatable bonds is 3. The van der Waals surface area contributed by atoms with Gasteiger partial charge in [0.05, 0.1) is 0 Å². The van der Waals surface area contributed by atoms with Gasteiger partial charge in [0.15, 0.2) is 0 Å². The van der Waals surface area contributed by atoms with E-state index >= 15 is 0 Å². The van der Waals surface area contributed by atoms with Crippen molar-refractivity contribution in [3.05, 3.63) is 0 Å². The van der Waals surface area contributed by atoms with E-state index in [1.54, 1.807) is 0 Å². The lowest BCUT2D eigenvalue weighted by atomic mass is 10.1. The summed E-state index contributed by atoms with van der Waals surface area (Å²) in [5.74, 6) is 0. The quantitative estimate of drug-likeness (QED) is 0.574. The zero-order valence-corrected chi connectivity index (χ0v) is 19.8. The Bertz CT molecular complexity index is 481. The van der Waals surface area contributed by atoms with E-state index in [2.05, 4.69) is 0 Å². The fourth-order valence-corrected chi connectivity index (χ4v) is 6.30. The molecule has 8 heteroatoms. The molecule has 2 aliphatic heterocycles. The highest BCUT2D eigenvalue weighted by Crippen LogP contribution is 2.39. The molecule has 0 aromatic rings. The van der Waals surface area contributed by atoms with E-state index in [1.165, 1.54) is 0 Å². The van der Waals surface area contributed by atoms with Crippen LogP contribution in [0.3, 0.4) is 0 Å². The number of hydrogen-bond acceptors (Lipinski definition) is 6. The molecule has 2 saturated heterocycles. The fraction of sp³-hybridized carbons (Fsp3) is 0.900. The molecule has 0 aromatic carbocycles. The van der Waals surface area contributed by atoms with Crippen molar-refractivity contribution in [3.8, 4) is 0 Å². The van der Waals surface area contributed by atoms with Gasteiger partial charge in [0.2, 0.25) is 0 Å². The van der Waals surface area contributed by atoms with Gasteiger partial charge < -0.3 is 19.3 Å². The monoisotopic (exact) mass is 432 g/mol. The molecule has 2 rings (SSSR count). The lowest BCUT2D eigenvalue weighted by Crippen LogP contribution is -2.42. The van der Waals surface area contributed by atoms with E-state index < -0.39 is 11.2 Å². The second-order valence-corrected chi connectivity index (χ2v) is 12.4. The number of amides is 2. The molecular weight excluding hydrogens is 396 g/mol. The van der Waals surface area contributed by atoms with Crippen molar-refractivity contribution in [2.75, 3.05) is 26.2 Å². The Morgan fingerprint density at radius 3 is 1.21 bits per heavy atom. The lowest BCUT2D eigenvalue weighted by molar-refractivity contribution is 0.0208. The summed E-state index contributed by atoms with van der Waals surface area (Å²) in [5.41, 5.74) is -0.876. The van der Waals surface area contributed by atoms with Crippen LogP contribution in [0.1, 0.15) is 67.2 Å². The third kappa shape index (κ3) is 8.31. The van der Waals surface area contributed by atoms with E-state index in [4.69, 9.17) is 9.47 Å². The van der Waals surface area contributed by atoms with Gasteiger partial charge in [0.1, 0.15) is 11.2 Å². The maximum Gasteiger partial charge on any atom is 0.410 e. The van der Waals surface area contributed by atoms with Crippen molar-refractivity contribution in [3.63, 3.8) is 0 Å². The summed E-state index contributed by atoms with van der Waals surface area (Å²) in [4.78, 5) is 27.9. The Kier molecular flexibility index (Phi) is 8.26. The highest BCUT2D eigenvalue weighted by Gasteiger charge is 2.30. The van der Waals surface area contributed by atoms with Crippen LogP contribution < -0.4 is 0 Å². The van der Waals surface area contributed by atoms with E-state index in [9.17, 15) is 9.59 Å². The SMILES string of the molecule is CC(C)(C)OC(=O)N1CCC(SSC2CCN(C(=O)OC(C)(C)C)CC2)CC1. The van der Waals surface area contributed by atoms with E-state index in [0.29, 0.717) is 10.5 Å². The summed E-state index contributed by atoms with van der Waals surface area (Å²) in [7, 11) is 3.91. The van der Waals surface area contributed by atoms with Gasteiger partial charge in [0.25, 0.3) is 0 Å². The number of nitrogens with zero attached hydrogens (tertiary/aromatic N) is 2. The molecule has 162 valence electrons. The van der Waals surface area contributed by atoms with Crippen molar-refractivity contribution >= 4 is 33.8 Å². The second-order valence-electron chi connectivity index (χ2n) is 9.53. The van der Waals surface area contributed by atoms with Gasteiger partial charge in [-0.05, 0) is 67.2 Å². The molecule has 0 unspecified atom stereocenters. The summed E-state index contributed by atoms with van der Waals surface area (Å²) >= 11 is 0. The van der Waals surface area contributed by atoms with Gasteiger partial charge in [-0.15, -0.1) is 0 Å². The molecule has 0 aliphatic carbocycles. The highest BCUT2D eigenvalue weighted by atomic mass is 33.1. The van der Waals surface area contributed by atoms with Crippen LogP contribution in [-0.2, 0) is 9.47 Å². The van der Waals surface area contributed by atoms with Crippen LogP contribution in [0.2, 0.25) is 0 Å². The zero-order valence-electron chi connectivity index (χ0n) is 18.2. The van der Waals surface area contributed by atoms with Gasteiger partial charge in [0, 0.05) is 36.7 Å². The van der Waals surface area contributed by atoms with Crippen molar-refractivity contribution in [1.82, 2.24) is 9.80 Å². The van der Waals surface area contributed by atoms with Gasteiger partial charge >= 0.3 is 12.2 Å². The maximum absolute atomic E-state index is 12.1. The third-order valence-electron chi connectivity index (χ3n) is 4.52. The Hall–Kier alpha value is -0.760. The molecule has 0 radical (unpaired) electrons. The Morgan fingerprint density at radius 2 is 0.964 bits per heavy atom. The third-order valence-corrected chi connectivity index (χ3v) is 8.08. The molecule has 0 N–H and O–H groups in total. The Morgan fingerprint density at radius 1 is 0.679 bits per heavy atom. The topological polar surface area (TPSA) is 59.1 Å². The van der Waals surface area contributed by atoms with Crippen LogP contribution in [0.15, 0.2) is 0 Å². The molecule has 2 aliphatic rings. The first kappa shape index (κ1) is 23.5. The molecule has 2 heterocycles. The average Bonchev–Trinajstić information content (AvgIpc) is 2.58. The molecule has 0 spiro atoms. The summed E-state index contributed by atoms with van der Waals surface area (Å²) < 4.78 is 10.9. The van der Waals surface area contributed by atoms with Gasteiger partial charge in [-0.25, -0.2) is 9.59 Å². The van der Waals surface area contributed by atoms with Crippen molar-refractivity contribution in [1.29, 1.82) is 0 Å². The van der Waals surface area contributed by atoms with Crippen LogP contribution in [0, 0.1) is 0 Å². The average molecular weight is 433 g/mol. The minimum Gasteiger partial charge on any atom is -0.444 e. The standard InChI is InChI=1S/C20H36N2O4S2/c1-19(2,3)25-17(23)21-11-7-15(8-12-21)27-28-16-9-13-22(14-10-16)18(24)26-20(4,5)6/h15-16H,7-14H2,1-6H3. The largest absolute Gasteiger partial charge is 0.444 e. The fourth-order valence-electron chi connectivity index (χ4n) is 3.08. The molecule has 0 bridgehead atoms. The molecule has 28 heavy (non-hydrogen) atoms.